The quantitative estimate of drug-likeness (QED) is 0.728. The molecular formula is C13H19FN2O3S. The maximum absolute atomic E-state index is 14.0. The van der Waals surface area contributed by atoms with Crippen LogP contribution >= 0.6 is 0 Å². The Labute approximate surface area is 118 Å². The SMILES string of the molecule is Cc1cc(N)cc(S(=O)(=O)NC2CCCC2CO)c1F. The Morgan fingerprint density at radius 1 is 1.45 bits per heavy atom. The molecule has 112 valence electrons. The van der Waals surface area contributed by atoms with Crippen LogP contribution in [0.3, 0.4) is 0 Å². The van der Waals surface area contributed by atoms with Crippen molar-refractivity contribution in [1.82, 2.24) is 4.72 Å². The average Bonchev–Trinajstić information content (AvgIpc) is 2.80. The third-order valence-electron chi connectivity index (χ3n) is 3.73. The highest BCUT2D eigenvalue weighted by molar-refractivity contribution is 7.89. The van der Waals surface area contributed by atoms with Crippen LogP contribution in [-0.4, -0.2) is 26.2 Å². The second kappa shape index (κ2) is 5.67. The van der Waals surface area contributed by atoms with Gasteiger partial charge in [-0.05, 0) is 43.4 Å². The molecule has 20 heavy (non-hydrogen) atoms. The molecule has 1 aromatic carbocycles. The number of rotatable bonds is 4. The summed E-state index contributed by atoms with van der Waals surface area (Å²) < 4.78 is 41.1. The first-order valence-electron chi connectivity index (χ1n) is 6.54. The Morgan fingerprint density at radius 3 is 2.80 bits per heavy atom. The van der Waals surface area contributed by atoms with E-state index in [1.165, 1.54) is 13.0 Å². The van der Waals surface area contributed by atoms with Crippen LogP contribution in [-0.2, 0) is 10.0 Å². The van der Waals surface area contributed by atoms with Crippen molar-refractivity contribution in [2.45, 2.75) is 37.1 Å². The maximum atomic E-state index is 14.0. The minimum absolute atomic E-state index is 0.0778. The van der Waals surface area contributed by atoms with Gasteiger partial charge in [-0.3, -0.25) is 0 Å². The number of sulfonamides is 1. The summed E-state index contributed by atoms with van der Waals surface area (Å²) >= 11 is 0. The van der Waals surface area contributed by atoms with Crippen molar-refractivity contribution in [2.24, 2.45) is 5.92 Å². The molecule has 0 amide bonds. The molecule has 1 fully saturated rings. The fourth-order valence-electron chi connectivity index (χ4n) is 2.63. The maximum Gasteiger partial charge on any atom is 0.243 e. The number of halogens is 1. The summed E-state index contributed by atoms with van der Waals surface area (Å²) in [5.74, 6) is -0.903. The molecule has 2 rings (SSSR count). The van der Waals surface area contributed by atoms with Gasteiger partial charge in [0.25, 0.3) is 0 Å². The molecule has 5 nitrogen and oxygen atoms in total. The van der Waals surface area contributed by atoms with Crippen LogP contribution in [0, 0.1) is 18.7 Å². The normalized spacial score (nSPS) is 23.1. The molecule has 1 aromatic rings. The molecule has 1 aliphatic rings. The highest BCUT2D eigenvalue weighted by Gasteiger charge is 2.32. The second-order valence-corrected chi connectivity index (χ2v) is 6.93. The number of nitrogens with two attached hydrogens (primary N) is 1. The Balaban J connectivity index is 2.31. The Hall–Kier alpha value is -1.18. The lowest BCUT2D eigenvalue weighted by Gasteiger charge is -2.19. The van der Waals surface area contributed by atoms with Crippen molar-refractivity contribution in [3.63, 3.8) is 0 Å². The van der Waals surface area contributed by atoms with Gasteiger partial charge in [0.2, 0.25) is 10.0 Å². The van der Waals surface area contributed by atoms with Gasteiger partial charge in [0.1, 0.15) is 10.7 Å². The van der Waals surface area contributed by atoms with Crippen LogP contribution in [0.25, 0.3) is 0 Å². The second-order valence-electron chi connectivity index (χ2n) is 5.25. The van der Waals surface area contributed by atoms with Crippen LogP contribution in [0.1, 0.15) is 24.8 Å². The molecule has 0 saturated heterocycles. The van der Waals surface area contributed by atoms with Crippen molar-refractivity contribution < 1.29 is 17.9 Å². The highest BCUT2D eigenvalue weighted by atomic mass is 32.2. The Kier molecular flexibility index (Phi) is 4.31. The lowest BCUT2D eigenvalue weighted by atomic mass is 10.1. The van der Waals surface area contributed by atoms with Gasteiger partial charge < -0.3 is 10.8 Å². The lowest BCUT2D eigenvalue weighted by Crippen LogP contribution is -2.38. The van der Waals surface area contributed by atoms with E-state index in [0.717, 1.165) is 18.9 Å². The van der Waals surface area contributed by atoms with Gasteiger partial charge in [0.05, 0.1) is 0 Å². The zero-order valence-electron chi connectivity index (χ0n) is 11.3. The van der Waals surface area contributed by atoms with E-state index in [0.29, 0.717) is 6.42 Å². The first-order valence-corrected chi connectivity index (χ1v) is 8.02. The van der Waals surface area contributed by atoms with Gasteiger partial charge in [0, 0.05) is 18.3 Å². The number of aliphatic hydroxyl groups excluding tert-OH is 1. The van der Waals surface area contributed by atoms with Gasteiger partial charge in [0.15, 0.2) is 0 Å². The zero-order chi connectivity index (χ0) is 14.9. The summed E-state index contributed by atoms with van der Waals surface area (Å²) in [6, 6.07) is 2.15. The monoisotopic (exact) mass is 302 g/mol. The van der Waals surface area contributed by atoms with E-state index in [9.17, 15) is 17.9 Å². The number of anilines is 1. The van der Waals surface area contributed by atoms with Gasteiger partial charge in [-0.2, -0.15) is 0 Å². The number of nitrogen functional groups attached to an aromatic ring is 1. The Bertz CT molecular complexity index is 604. The molecule has 2 unspecified atom stereocenters. The third kappa shape index (κ3) is 2.94. The standard InChI is InChI=1S/C13H19FN2O3S/c1-8-5-10(15)6-12(13(8)14)20(18,19)16-11-4-2-3-9(11)7-17/h5-6,9,11,16-17H,2-4,7,15H2,1H3. The first-order chi connectivity index (χ1) is 9.35. The molecular weight excluding hydrogens is 283 g/mol. The average molecular weight is 302 g/mol. The highest BCUT2D eigenvalue weighted by Crippen LogP contribution is 2.28. The van der Waals surface area contributed by atoms with E-state index >= 15 is 0 Å². The van der Waals surface area contributed by atoms with Crippen molar-refractivity contribution in [1.29, 1.82) is 0 Å². The predicted octanol–water partition coefficient (Wildman–Crippen LogP) is 1.16. The van der Waals surface area contributed by atoms with Gasteiger partial charge in [-0.1, -0.05) is 6.42 Å². The van der Waals surface area contributed by atoms with E-state index in [1.54, 1.807) is 0 Å². The zero-order valence-corrected chi connectivity index (χ0v) is 12.1. The lowest BCUT2D eigenvalue weighted by molar-refractivity contribution is 0.213. The minimum atomic E-state index is -3.98. The van der Waals surface area contributed by atoms with E-state index in [-0.39, 0.29) is 29.8 Å². The molecule has 0 aromatic heterocycles. The largest absolute Gasteiger partial charge is 0.399 e. The fourth-order valence-corrected chi connectivity index (χ4v) is 4.16. The van der Waals surface area contributed by atoms with Gasteiger partial charge >= 0.3 is 0 Å². The number of nitrogens with one attached hydrogen (secondary N) is 1. The van der Waals surface area contributed by atoms with Crippen LogP contribution in [0.5, 0.6) is 0 Å². The van der Waals surface area contributed by atoms with Crippen molar-refractivity contribution in [3.8, 4) is 0 Å². The molecule has 0 radical (unpaired) electrons. The number of benzene rings is 1. The third-order valence-corrected chi connectivity index (χ3v) is 5.22. The number of hydrogen-bond acceptors (Lipinski definition) is 4. The number of aliphatic hydroxyl groups is 1. The molecule has 2 atom stereocenters. The molecule has 4 N–H and O–H groups in total. The van der Waals surface area contributed by atoms with Crippen molar-refractivity contribution in [3.05, 3.63) is 23.5 Å². The Morgan fingerprint density at radius 2 is 2.15 bits per heavy atom. The summed E-state index contributed by atoms with van der Waals surface area (Å²) in [5.41, 5.74) is 5.98. The van der Waals surface area contributed by atoms with Crippen LogP contribution < -0.4 is 10.5 Å². The molecule has 1 saturated carbocycles. The van der Waals surface area contributed by atoms with Crippen molar-refractivity contribution >= 4 is 15.7 Å². The van der Waals surface area contributed by atoms with E-state index in [1.807, 2.05) is 0 Å². The summed E-state index contributed by atoms with van der Waals surface area (Å²) in [6.07, 6.45) is 2.26. The molecule has 0 aliphatic heterocycles. The first kappa shape index (κ1) is 15.2. The van der Waals surface area contributed by atoms with Crippen LogP contribution in [0.4, 0.5) is 10.1 Å². The number of aryl methyl sites for hydroxylation is 1. The fraction of sp³-hybridized carbons (Fsp3) is 0.538. The van der Waals surface area contributed by atoms with E-state index in [4.69, 9.17) is 5.73 Å². The summed E-state index contributed by atoms with van der Waals surface area (Å²) in [4.78, 5) is -0.432. The minimum Gasteiger partial charge on any atom is -0.399 e. The van der Waals surface area contributed by atoms with Crippen molar-refractivity contribution in [2.75, 3.05) is 12.3 Å². The van der Waals surface area contributed by atoms with Crippen LogP contribution in [0.2, 0.25) is 0 Å². The summed E-state index contributed by atoms with van der Waals surface area (Å²) in [5, 5.41) is 9.22. The summed E-state index contributed by atoms with van der Waals surface area (Å²) in [6.45, 7) is 1.39. The smallest absolute Gasteiger partial charge is 0.243 e. The molecule has 0 spiro atoms. The molecule has 0 heterocycles. The number of hydrogen-bond donors (Lipinski definition) is 3. The van der Waals surface area contributed by atoms with E-state index < -0.39 is 20.7 Å². The molecule has 0 bridgehead atoms. The van der Waals surface area contributed by atoms with Gasteiger partial charge in [-0.25, -0.2) is 17.5 Å². The molecule has 1 aliphatic carbocycles. The van der Waals surface area contributed by atoms with Gasteiger partial charge in [-0.15, -0.1) is 0 Å². The predicted molar refractivity (Wildman–Crippen MR) is 74.1 cm³/mol. The molecule has 7 heteroatoms. The van der Waals surface area contributed by atoms with E-state index in [2.05, 4.69) is 4.72 Å². The van der Waals surface area contributed by atoms with Crippen LogP contribution in [0.15, 0.2) is 17.0 Å². The topological polar surface area (TPSA) is 92.4 Å². The summed E-state index contributed by atoms with van der Waals surface area (Å²) in [7, 11) is -3.98.